The van der Waals surface area contributed by atoms with Crippen LogP contribution in [0.15, 0.2) is 0 Å². The maximum absolute atomic E-state index is 9.79. The number of aliphatic hydroxyl groups is 1. The van der Waals surface area contributed by atoms with Gasteiger partial charge in [-0.25, -0.2) is 0 Å². The Hall–Kier alpha value is -0.350. The SMILES string of the molecule is CC(=O)C(C)=O.CC(O)CCS. The van der Waals surface area contributed by atoms with Gasteiger partial charge in [0.1, 0.15) is 0 Å². The monoisotopic (exact) mass is 192 g/mol. The van der Waals surface area contributed by atoms with Gasteiger partial charge in [0.15, 0.2) is 11.6 Å². The molecule has 1 N–H and O–H groups in total. The van der Waals surface area contributed by atoms with E-state index in [9.17, 15) is 9.59 Å². The van der Waals surface area contributed by atoms with Crippen LogP contribution in [-0.2, 0) is 9.59 Å². The lowest BCUT2D eigenvalue weighted by Gasteiger charge is -1.95. The van der Waals surface area contributed by atoms with Gasteiger partial charge in [-0.15, -0.1) is 0 Å². The topological polar surface area (TPSA) is 54.4 Å². The van der Waals surface area contributed by atoms with Crippen LogP contribution in [0.1, 0.15) is 27.2 Å². The summed E-state index contributed by atoms with van der Waals surface area (Å²) in [5, 5.41) is 8.50. The van der Waals surface area contributed by atoms with Gasteiger partial charge >= 0.3 is 0 Å². The molecule has 0 fully saturated rings. The van der Waals surface area contributed by atoms with Crippen LogP contribution in [0.25, 0.3) is 0 Å². The molecular weight excluding hydrogens is 176 g/mol. The standard InChI is InChI=1S/C4H6O2.C4H10OS/c1-3(5)4(2)6;1-4(5)2-3-6/h1-2H3;4-6H,2-3H2,1H3. The van der Waals surface area contributed by atoms with E-state index in [4.69, 9.17) is 5.11 Å². The molecular formula is C8H16O3S. The zero-order valence-corrected chi connectivity index (χ0v) is 8.60. The Balaban J connectivity index is 0. The van der Waals surface area contributed by atoms with Crippen molar-refractivity contribution in [3.8, 4) is 0 Å². The fourth-order valence-corrected chi connectivity index (χ4v) is 0.561. The maximum atomic E-state index is 9.79. The minimum absolute atomic E-state index is 0.178. The Bertz CT molecular complexity index is 131. The van der Waals surface area contributed by atoms with E-state index in [0.29, 0.717) is 0 Å². The second-order valence-electron chi connectivity index (χ2n) is 2.47. The molecule has 0 saturated heterocycles. The van der Waals surface area contributed by atoms with Crippen LogP contribution in [0.2, 0.25) is 0 Å². The molecule has 0 heterocycles. The molecule has 0 bridgehead atoms. The van der Waals surface area contributed by atoms with Crippen LogP contribution in [0, 0.1) is 0 Å². The van der Waals surface area contributed by atoms with E-state index in [1.807, 2.05) is 0 Å². The van der Waals surface area contributed by atoms with E-state index in [0.717, 1.165) is 12.2 Å². The summed E-state index contributed by atoms with van der Waals surface area (Å²) in [6.07, 6.45) is 0.617. The van der Waals surface area contributed by atoms with Crippen molar-refractivity contribution < 1.29 is 14.7 Å². The van der Waals surface area contributed by atoms with Gasteiger partial charge in [0.2, 0.25) is 0 Å². The molecule has 0 spiro atoms. The fourth-order valence-electron chi connectivity index (χ4n) is 0.187. The fraction of sp³-hybridized carbons (Fsp3) is 0.750. The van der Waals surface area contributed by atoms with Crippen molar-refractivity contribution in [2.24, 2.45) is 0 Å². The van der Waals surface area contributed by atoms with Gasteiger partial charge in [0.25, 0.3) is 0 Å². The third-order valence-corrected chi connectivity index (χ3v) is 1.30. The average Bonchev–Trinajstić information content (AvgIpc) is 1.87. The lowest BCUT2D eigenvalue weighted by atomic mass is 10.3. The molecule has 0 saturated carbocycles. The van der Waals surface area contributed by atoms with Crippen LogP contribution in [0.5, 0.6) is 0 Å². The van der Waals surface area contributed by atoms with Crippen LogP contribution in [0.4, 0.5) is 0 Å². The summed E-state index contributed by atoms with van der Waals surface area (Å²) in [6, 6.07) is 0. The van der Waals surface area contributed by atoms with Gasteiger partial charge in [-0.05, 0) is 19.1 Å². The minimum atomic E-state index is -0.380. The predicted octanol–water partition coefficient (Wildman–Crippen LogP) is 0.852. The number of hydrogen-bond donors (Lipinski definition) is 2. The molecule has 1 atom stereocenters. The highest BCUT2D eigenvalue weighted by molar-refractivity contribution is 7.80. The summed E-state index contributed by atoms with van der Waals surface area (Å²) in [5.41, 5.74) is 0. The average molecular weight is 192 g/mol. The second-order valence-corrected chi connectivity index (χ2v) is 2.92. The minimum Gasteiger partial charge on any atom is -0.393 e. The van der Waals surface area contributed by atoms with Crippen molar-refractivity contribution in [1.29, 1.82) is 0 Å². The molecule has 0 radical (unpaired) electrons. The molecule has 0 aromatic heterocycles. The van der Waals surface area contributed by atoms with Crippen LogP contribution in [0.3, 0.4) is 0 Å². The number of carbonyl (C=O) groups excluding carboxylic acids is 2. The first kappa shape index (κ1) is 14.2. The molecule has 0 amide bonds. The molecule has 12 heavy (non-hydrogen) atoms. The van der Waals surface area contributed by atoms with Crippen molar-refractivity contribution in [1.82, 2.24) is 0 Å². The van der Waals surface area contributed by atoms with Crippen molar-refractivity contribution in [3.63, 3.8) is 0 Å². The van der Waals surface area contributed by atoms with Gasteiger partial charge in [-0.2, -0.15) is 12.6 Å². The summed E-state index contributed by atoms with van der Waals surface area (Å²) < 4.78 is 0. The van der Waals surface area contributed by atoms with Crippen molar-refractivity contribution in [3.05, 3.63) is 0 Å². The molecule has 1 unspecified atom stereocenters. The number of aliphatic hydroxyl groups excluding tert-OH is 1. The highest BCUT2D eigenvalue weighted by Crippen LogP contribution is 1.88. The van der Waals surface area contributed by atoms with E-state index in [-0.39, 0.29) is 17.7 Å². The van der Waals surface area contributed by atoms with Gasteiger partial charge in [0.05, 0.1) is 6.10 Å². The molecule has 0 aromatic rings. The normalized spacial score (nSPS) is 11.1. The third kappa shape index (κ3) is 16.3. The molecule has 0 aromatic carbocycles. The summed E-state index contributed by atoms with van der Waals surface area (Å²) in [4.78, 5) is 19.6. The largest absolute Gasteiger partial charge is 0.393 e. The summed E-state index contributed by atoms with van der Waals surface area (Å²) in [6.45, 7) is 4.26. The Morgan fingerprint density at radius 1 is 1.33 bits per heavy atom. The zero-order chi connectivity index (χ0) is 10.1. The number of carbonyl (C=O) groups is 2. The first-order chi connectivity index (χ1) is 5.41. The van der Waals surface area contributed by atoms with Gasteiger partial charge in [-0.1, -0.05) is 0 Å². The lowest BCUT2D eigenvalue weighted by molar-refractivity contribution is -0.134. The smallest absolute Gasteiger partial charge is 0.195 e. The van der Waals surface area contributed by atoms with E-state index >= 15 is 0 Å². The predicted molar refractivity (Wildman–Crippen MR) is 51.5 cm³/mol. The second kappa shape index (κ2) is 8.74. The summed E-state index contributed by atoms with van der Waals surface area (Å²) in [5.74, 6) is 0.0162. The number of thiol groups is 1. The van der Waals surface area contributed by atoms with Gasteiger partial charge < -0.3 is 5.11 Å². The molecule has 0 aliphatic rings. The quantitative estimate of drug-likeness (QED) is 0.515. The van der Waals surface area contributed by atoms with Crippen molar-refractivity contribution in [2.45, 2.75) is 33.3 Å². The van der Waals surface area contributed by atoms with E-state index < -0.39 is 0 Å². The third-order valence-electron chi connectivity index (χ3n) is 1.04. The van der Waals surface area contributed by atoms with Gasteiger partial charge in [-0.3, -0.25) is 9.59 Å². The molecule has 72 valence electrons. The first-order valence-electron chi connectivity index (χ1n) is 3.72. The van der Waals surface area contributed by atoms with Gasteiger partial charge in [0, 0.05) is 13.8 Å². The molecule has 0 aliphatic heterocycles. The van der Waals surface area contributed by atoms with Crippen LogP contribution < -0.4 is 0 Å². The van der Waals surface area contributed by atoms with Crippen LogP contribution >= 0.6 is 12.6 Å². The molecule has 3 nitrogen and oxygen atoms in total. The lowest BCUT2D eigenvalue weighted by Crippen LogP contribution is -2.01. The Kier molecular flexibility index (Phi) is 10.3. The first-order valence-corrected chi connectivity index (χ1v) is 4.35. The molecule has 0 aliphatic carbocycles. The zero-order valence-electron chi connectivity index (χ0n) is 7.70. The summed E-state index contributed by atoms with van der Waals surface area (Å²) >= 11 is 3.90. The van der Waals surface area contributed by atoms with Crippen molar-refractivity contribution in [2.75, 3.05) is 5.75 Å². The Morgan fingerprint density at radius 2 is 1.67 bits per heavy atom. The molecule has 4 heteroatoms. The number of hydrogen-bond acceptors (Lipinski definition) is 4. The highest BCUT2D eigenvalue weighted by atomic mass is 32.1. The maximum Gasteiger partial charge on any atom is 0.195 e. The van der Waals surface area contributed by atoms with E-state index in [1.54, 1.807) is 6.92 Å². The Morgan fingerprint density at radius 3 is 1.67 bits per heavy atom. The van der Waals surface area contributed by atoms with Crippen molar-refractivity contribution >= 4 is 24.2 Å². The number of rotatable bonds is 3. The van der Waals surface area contributed by atoms with E-state index in [2.05, 4.69) is 12.6 Å². The van der Waals surface area contributed by atoms with Crippen LogP contribution in [-0.4, -0.2) is 28.5 Å². The summed E-state index contributed by atoms with van der Waals surface area (Å²) in [7, 11) is 0. The Labute approximate surface area is 78.6 Å². The number of ketones is 2. The highest BCUT2D eigenvalue weighted by Gasteiger charge is 1.94. The number of Topliss-reactive ketones (excluding diaryl/α,β-unsaturated/α-hetero) is 2. The molecule has 0 rings (SSSR count). The van der Waals surface area contributed by atoms with E-state index in [1.165, 1.54) is 13.8 Å².